The molecule has 6 heteroatoms. The molecule has 0 aliphatic heterocycles. The summed E-state index contributed by atoms with van der Waals surface area (Å²) < 4.78 is 10.5. The number of nitrogens with one attached hydrogen (secondary N) is 1. The highest BCUT2D eigenvalue weighted by atomic mass is 16.5. The predicted octanol–water partition coefficient (Wildman–Crippen LogP) is 1.12. The Labute approximate surface area is 116 Å². The number of aliphatic carboxylic acids is 1. The number of carboxylic acids is 1. The lowest BCUT2D eigenvalue weighted by Gasteiger charge is -2.13. The monoisotopic (exact) mass is 279 g/mol. The van der Waals surface area contributed by atoms with Crippen molar-refractivity contribution in [3.8, 4) is 11.5 Å². The van der Waals surface area contributed by atoms with Crippen LogP contribution in [0.15, 0.2) is 18.2 Å². The maximum atomic E-state index is 11.7. The van der Waals surface area contributed by atoms with Gasteiger partial charge in [0.15, 0.2) is 6.61 Å². The molecule has 108 valence electrons. The highest BCUT2D eigenvalue weighted by Crippen LogP contribution is 2.35. The van der Waals surface area contributed by atoms with Crippen molar-refractivity contribution < 1.29 is 24.2 Å². The van der Waals surface area contributed by atoms with E-state index in [0.717, 1.165) is 11.3 Å². The first-order chi connectivity index (χ1) is 9.47. The van der Waals surface area contributed by atoms with Gasteiger partial charge >= 0.3 is 5.97 Å². The van der Waals surface area contributed by atoms with Crippen molar-refractivity contribution >= 4 is 11.9 Å². The molecule has 0 radical (unpaired) electrons. The maximum Gasteiger partial charge on any atom is 0.329 e. The molecule has 1 aromatic rings. The topological polar surface area (TPSA) is 84.9 Å². The van der Waals surface area contributed by atoms with Crippen LogP contribution in [-0.2, 0) is 9.59 Å². The van der Waals surface area contributed by atoms with Gasteiger partial charge < -0.3 is 19.9 Å². The first kappa shape index (κ1) is 14.2. The van der Waals surface area contributed by atoms with Crippen LogP contribution < -0.4 is 14.8 Å². The summed E-state index contributed by atoms with van der Waals surface area (Å²) in [7, 11) is 1.58. The fourth-order valence-corrected chi connectivity index (χ4v) is 1.91. The predicted molar refractivity (Wildman–Crippen MR) is 71.0 cm³/mol. The van der Waals surface area contributed by atoms with E-state index >= 15 is 0 Å². The Hall–Kier alpha value is -2.24. The van der Waals surface area contributed by atoms with Gasteiger partial charge in [0, 0.05) is 0 Å². The quantitative estimate of drug-likeness (QED) is 0.815. The van der Waals surface area contributed by atoms with Gasteiger partial charge in [0.05, 0.1) is 7.11 Å². The second kappa shape index (κ2) is 5.40. The molecule has 1 aromatic carbocycles. The molecule has 1 aliphatic rings. The summed E-state index contributed by atoms with van der Waals surface area (Å²) >= 11 is 0. The van der Waals surface area contributed by atoms with Crippen LogP contribution in [0.2, 0.25) is 0 Å². The number of aryl methyl sites for hydroxylation is 1. The number of benzene rings is 1. The lowest BCUT2D eigenvalue weighted by Crippen LogP contribution is -2.45. The summed E-state index contributed by atoms with van der Waals surface area (Å²) in [4.78, 5) is 22.6. The van der Waals surface area contributed by atoms with E-state index in [2.05, 4.69) is 5.32 Å². The fourth-order valence-electron chi connectivity index (χ4n) is 1.91. The van der Waals surface area contributed by atoms with Gasteiger partial charge in [-0.1, -0.05) is 0 Å². The molecule has 2 N–H and O–H groups in total. The summed E-state index contributed by atoms with van der Waals surface area (Å²) in [5.74, 6) is -0.146. The molecule has 0 heterocycles. The summed E-state index contributed by atoms with van der Waals surface area (Å²) in [5.41, 5.74) is -0.175. The van der Waals surface area contributed by atoms with Crippen LogP contribution in [0, 0.1) is 6.92 Å². The Kier molecular flexibility index (Phi) is 3.83. The molecular weight excluding hydrogens is 262 g/mol. The van der Waals surface area contributed by atoms with Crippen LogP contribution in [-0.4, -0.2) is 36.2 Å². The zero-order valence-electron chi connectivity index (χ0n) is 11.4. The standard InChI is InChI=1S/C14H17NO5/c1-9-7-10(3-4-11(9)19-2)20-8-12(16)15-14(5-6-14)13(17)18/h3-4,7H,5-6,8H2,1-2H3,(H,15,16)(H,17,18). The van der Waals surface area contributed by atoms with Crippen molar-refractivity contribution in [1.29, 1.82) is 0 Å². The zero-order valence-corrected chi connectivity index (χ0v) is 11.4. The first-order valence-corrected chi connectivity index (χ1v) is 6.29. The second-order valence-corrected chi connectivity index (χ2v) is 4.86. The van der Waals surface area contributed by atoms with Crippen LogP contribution in [0.1, 0.15) is 18.4 Å². The van der Waals surface area contributed by atoms with Crippen LogP contribution in [0.25, 0.3) is 0 Å². The van der Waals surface area contributed by atoms with E-state index in [0.29, 0.717) is 18.6 Å². The largest absolute Gasteiger partial charge is 0.496 e. The van der Waals surface area contributed by atoms with E-state index in [-0.39, 0.29) is 6.61 Å². The van der Waals surface area contributed by atoms with E-state index in [4.69, 9.17) is 14.6 Å². The third-order valence-electron chi connectivity index (χ3n) is 3.27. The number of rotatable bonds is 6. The molecule has 0 aromatic heterocycles. The second-order valence-electron chi connectivity index (χ2n) is 4.86. The number of carboxylic acid groups (broad SMARTS) is 1. The minimum atomic E-state index is -1.07. The molecule has 0 atom stereocenters. The van der Waals surface area contributed by atoms with E-state index in [1.165, 1.54) is 0 Å². The van der Waals surface area contributed by atoms with E-state index in [9.17, 15) is 9.59 Å². The highest BCUT2D eigenvalue weighted by Gasteiger charge is 2.51. The Morgan fingerprint density at radius 3 is 2.60 bits per heavy atom. The summed E-state index contributed by atoms with van der Waals surface area (Å²) in [6.07, 6.45) is 0.936. The van der Waals surface area contributed by atoms with Crippen LogP contribution in [0.4, 0.5) is 0 Å². The summed E-state index contributed by atoms with van der Waals surface area (Å²) in [6, 6.07) is 5.21. The average Bonchev–Trinajstić information content (AvgIpc) is 3.17. The Morgan fingerprint density at radius 2 is 2.10 bits per heavy atom. The van der Waals surface area contributed by atoms with Crippen molar-refractivity contribution in [3.63, 3.8) is 0 Å². The normalized spacial score (nSPS) is 15.3. The maximum absolute atomic E-state index is 11.7. The number of carbonyl (C=O) groups excluding carboxylic acids is 1. The van der Waals surface area contributed by atoms with Crippen LogP contribution >= 0.6 is 0 Å². The fraction of sp³-hybridized carbons (Fsp3) is 0.429. The molecule has 0 unspecified atom stereocenters. The Bertz CT molecular complexity index is 536. The van der Waals surface area contributed by atoms with Crippen molar-refractivity contribution in [2.45, 2.75) is 25.3 Å². The van der Waals surface area contributed by atoms with Gasteiger partial charge in [-0.3, -0.25) is 4.79 Å². The molecular formula is C14H17NO5. The van der Waals surface area contributed by atoms with Gasteiger partial charge in [0.1, 0.15) is 17.0 Å². The van der Waals surface area contributed by atoms with Gasteiger partial charge in [-0.05, 0) is 43.5 Å². The van der Waals surface area contributed by atoms with Crippen molar-refractivity contribution in [1.82, 2.24) is 5.32 Å². The van der Waals surface area contributed by atoms with Crippen molar-refractivity contribution in [2.75, 3.05) is 13.7 Å². The molecule has 0 saturated heterocycles. The number of methoxy groups -OCH3 is 1. The SMILES string of the molecule is COc1ccc(OCC(=O)NC2(C(=O)O)CC2)cc1C. The number of ether oxygens (including phenoxy) is 2. The van der Waals surface area contributed by atoms with Gasteiger partial charge in [-0.25, -0.2) is 4.79 Å². The van der Waals surface area contributed by atoms with Gasteiger partial charge in [0.25, 0.3) is 5.91 Å². The minimum absolute atomic E-state index is 0.208. The van der Waals surface area contributed by atoms with Gasteiger partial charge in [0.2, 0.25) is 0 Å². The lowest BCUT2D eigenvalue weighted by atomic mass is 10.2. The number of carbonyl (C=O) groups is 2. The van der Waals surface area contributed by atoms with E-state index in [1.54, 1.807) is 25.3 Å². The first-order valence-electron chi connectivity index (χ1n) is 6.29. The number of hydrogen-bond donors (Lipinski definition) is 2. The van der Waals surface area contributed by atoms with Gasteiger partial charge in [-0.15, -0.1) is 0 Å². The molecule has 1 fully saturated rings. The Morgan fingerprint density at radius 1 is 1.40 bits per heavy atom. The smallest absolute Gasteiger partial charge is 0.329 e. The van der Waals surface area contributed by atoms with Crippen molar-refractivity contribution in [3.05, 3.63) is 23.8 Å². The summed E-state index contributed by atoms with van der Waals surface area (Å²) in [5, 5.41) is 11.4. The molecule has 1 aliphatic carbocycles. The highest BCUT2D eigenvalue weighted by molar-refractivity contribution is 5.90. The van der Waals surface area contributed by atoms with Crippen molar-refractivity contribution in [2.24, 2.45) is 0 Å². The van der Waals surface area contributed by atoms with Crippen LogP contribution in [0.5, 0.6) is 11.5 Å². The van der Waals surface area contributed by atoms with E-state index in [1.807, 2.05) is 6.92 Å². The molecule has 0 spiro atoms. The molecule has 2 rings (SSSR count). The molecule has 1 saturated carbocycles. The molecule has 6 nitrogen and oxygen atoms in total. The molecule has 1 amide bonds. The lowest BCUT2D eigenvalue weighted by molar-refractivity contribution is -0.143. The van der Waals surface area contributed by atoms with Crippen LogP contribution in [0.3, 0.4) is 0 Å². The van der Waals surface area contributed by atoms with E-state index < -0.39 is 17.4 Å². The molecule has 20 heavy (non-hydrogen) atoms. The third kappa shape index (κ3) is 3.01. The molecule has 0 bridgehead atoms. The van der Waals surface area contributed by atoms with Gasteiger partial charge in [-0.2, -0.15) is 0 Å². The average molecular weight is 279 g/mol. The third-order valence-corrected chi connectivity index (χ3v) is 3.27. The summed E-state index contributed by atoms with van der Waals surface area (Å²) in [6.45, 7) is 1.66. The number of hydrogen-bond acceptors (Lipinski definition) is 4. The minimum Gasteiger partial charge on any atom is -0.496 e. The number of amides is 1. The zero-order chi connectivity index (χ0) is 14.8. The Balaban J connectivity index is 1.87.